The molecule has 0 unspecified atom stereocenters. The molecule has 2 aliphatic rings. The summed E-state index contributed by atoms with van der Waals surface area (Å²) in [6, 6.07) is 10.4. The minimum Gasteiger partial charge on any atom is -0.318 e. The molecular weight excluding hydrogens is 394 g/mol. The Morgan fingerprint density at radius 2 is 1.87 bits per heavy atom. The molecule has 0 radical (unpaired) electrons. The molecule has 2 aliphatic heterocycles. The van der Waals surface area contributed by atoms with Crippen molar-refractivity contribution in [2.24, 2.45) is 16.0 Å². The summed E-state index contributed by atoms with van der Waals surface area (Å²) in [5, 5.41) is 15.9. The zero-order valence-electron chi connectivity index (χ0n) is 17.9. The van der Waals surface area contributed by atoms with Gasteiger partial charge < -0.3 is 4.57 Å². The molecule has 0 spiro atoms. The van der Waals surface area contributed by atoms with Gasteiger partial charge in [0.2, 0.25) is 5.17 Å². The Kier molecular flexibility index (Phi) is 5.24. The maximum absolute atomic E-state index is 12.7. The van der Waals surface area contributed by atoms with Gasteiger partial charge in [0.05, 0.1) is 5.57 Å². The number of carbonyl (C=O) groups is 1. The monoisotopic (exact) mass is 419 g/mol. The van der Waals surface area contributed by atoms with Crippen molar-refractivity contribution in [3.05, 3.63) is 58.4 Å². The maximum Gasteiger partial charge on any atom is 0.283 e. The predicted octanol–water partition coefficient (Wildman–Crippen LogP) is 5.07. The van der Waals surface area contributed by atoms with Crippen molar-refractivity contribution in [2.75, 3.05) is 0 Å². The Balaban J connectivity index is 1.70. The first-order chi connectivity index (χ1) is 14.2. The smallest absolute Gasteiger partial charge is 0.283 e. The van der Waals surface area contributed by atoms with E-state index in [0.29, 0.717) is 11.1 Å². The summed E-state index contributed by atoms with van der Waals surface area (Å²) in [6.07, 6.45) is 2.57. The van der Waals surface area contributed by atoms with E-state index in [1.54, 1.807) is 6.08 Å². The van der Waals surface area contributed by atoms with Gasteiger partial charge in [0.1, 0.15) is 5.04 Å². The van der Waals surface area contributed by atoms with Crippen LogP contribution in [0.1, 0.15) is 42.8 Å². The Bertz CT molecular complexity index is 1140. The highest BCUT2D eigenvalue weighted by molar-refractivity contribution is 8.26. The molecule has 4 rings (SSSR count). The van der Waals surface area contributed by atoms with E-state index in [1.807, 2.05) is 19.9 Å². The second-order valence-corrected chi connectivity index (χ2v) is 9.15. The standard InChI is InChI=1S/C23H25N5OS/c1-13(2)10-20-26-28-21(24)19(22(29)25-23(28)30-20)12-17-11-15(4)27(16(17)5)18-8-6-14(3)7-9-18/h6-9,11-13,24H,10H2,1-5H3. The number of amidine groups is 2. The van der Waals surface area contributed by atoms with Gasteiger partial charge in [0.25, 0.3) is 5.91 Å². The number of nitrogens with zero attached hydrogens (tertiary/aromatic N) is 4. The highest BCUT2D eigenvalue weighted by Crippen LogP contribution is 2.31. The molecule has 0 atom stereocenters. The third kappa shape index (κ3) is 3.65. The molecule has 0 fully saturated rings. The summed E-state index contributed by atoms with van der Waals surface area (Å²) < 4.78 is 2.15. The van der Waals surface area contributed by atoms with Gasteiger partial charge in [-0.05, 0) is 68.3 Å². The number of carbonyl (C=O) groups excluding carboxylic acids is 1. The van der Waals surface area contributed by atoms with Crippen LogP contribution in [0, 0.1) is 32.1 Å². The van der Waals surface area contributed by atoms with Crippen molar-refractivity contribution in [1.82, 2.24) is 9.58 Å². The number of aryl methyl sites for hydroxylation is 2. The third-order valence-electron chi connectivity index (χ3n) is 5.14. The van der Waals surface area contributed by atoms with Gasteiger partial charge in [-0.25, -0.2) is 0 Å². The van der Waals surface area contributed by atoms with Crippen LogP contribution in [0.15, 0.2) is 46.0 Å². The van der Waals surface area contributed by atoms with E-state index in [4.69, 9.17) is 5.41 Å². The fourth-order valence-electron chi connectivity index (χ4n) is 3.64. The quantitative estimate of drug-likeness (QED) is 0.703. The number of thioether (sulfide) groups is 1. The van der Waals surface area contributed by atoms with Crippen LogP contribution in [-0.2, 0) is 4.79 Å². The lowest BCUT2D eigenvalue weighted by molar-refractivity contribution is -0.114. The summed E-state index contributed by atoms with van der Waals surface area (Å²) >= 11 is 1.38. The Morgan fingerprint density at radius 3 is 2.53 bits per heavy atom. The van der Waals surface area contributed by atoms with E-state index >= 15 is 0 Å². The molecule has 154 valence electrons. The number of nitrogens with one attached hydrogen (secondary N) is 1. The molecule has 30 heavy (non-hydrogen) atoms. The molecule has 0 aliphatic carbocycles. The van der Waals surface area contributed by atoms with Gasteiger partial charge in [-0.1, -0.05) is 31.5 Å². The number of hydrogen-bond acceptors (Lipinski definition) is 4. The highest BCUT2D eigenvalue weighted by Gasteiger charge is 2.35. The lowest BCUT2D eigenvalue weighted by Crippen LogP contribution is -2.35. The highest BCUT2D eigenvalue weighted by atomic mass is 32.2. The minimum atomic E-state index is -0.389. The fraction of sp³-hybridized carbons (Fsp3) is 0.304. The maximum atomic E-state index is 12.7. The molecule has 0 bridgehead atoms. The van der Waals surface area contributed by atoms with Crippen LogP contribution >= 0.6 is 11.8 Å². The fourth-order valence-corrected chi connectivity index (χ4v) is 4.74. The molecule has 1 N–H and O–H groups in total. The van der Waals surface area contributed by atoms with Gasteiger partial charge in [-0.3, -0.25) is 10.2 Å². The number of fused-ring (bicyclic) bond motifs is 1. The summed E-state index contributed by atoms with van der Waals surface area (Å²) in [5.41, 5.74) is 5.52. The summed E-state index contributed by atoms with van der Waals surface area (Å²) in [7, 11) is 0. The van der Waals surface area contributed by atoms with Crippen molar-refractivity contribution in [3.8, 4) is 5.69 Å². The summed E-state index contributed by atoms with van der Waals surface area (Å²) in [4.78, 5) is 16.9. The Hall–Kier alpha value is -2.93. The molecule has 0 saturated heterocycles. The zero-order chi connectivity index (χ0) is 21.6. The van der Waals surface area contributed by atoms with E-state index in [-0.39, 0.29) is 17.3 Å². The number of aliphatic imine (C=N–C) groups is 1. The van der Waals surface area contributed by atoms with Crippen molar-refractivity contribution in [3.63, 3.8) is 0 Å². The van der Waals surface area contributed by atoms with E-state index in [0.717, 1.165) is 34.1 Å². The molecule has 3 heterocycles. The summed E-state index contributed by atoms with van der Waals surface area (Å²) in [5.74, 6) is 0.140. The number of benzene rings is 1. The average Bonchev–Trinajstić information content (AvgIpc) is 3.19. The number of hydrogen-bond donors (Lipinski definition) is 1. The van der Waals surface area contributed by atoms with Crippen molar-refractivity contribution >= 4 is 39.8 Å². The van der Waals surface area contributed by atoms with Crippen LogP contribution in [0.25, 0.3) is 11.8 Å². The molecule has 1 aromatic carbocycles. The number of hydrazone groups is 1. The topological polar surface area (TPSA) is 73.8 Å². The third-order valence-corrected chi connectivity index (χ3v) is 6.07. The van der Waals surface area contributed by atoms with Crippen LogP contribution in [0.2, 0.25) is 0 Å². The van der Waals surface area contributed by atoms with Crippen LogP contribution in [0.4, 0.5) is 0 Å². The summed E-state index contributed by atoms with van der Waals surface area (Å²) in [6.45, 7) is 10.4. The van der Waals surface area contributed by atoms with Crippen LogP contribution in [0.3, 0.4) is 0 Å². The van der Waals surface area contributed by atoms with Gasteiger partial charge in [-0.15, -0.1) is 0 Å². The molecular formula is C23H25N5OS. The van der Waals surface area contributed by atoms with Gasteiger partial charge >= 0.3 is 0 Å². The minimum absolute atomic E-state index is 0.0800. The van der Waals surface area contributed by atoms with E-state index in [1.165, 1.54) is 22.3 Å². The SMILES string of the molecule is Cc1ccc(-n2c(C)cc(C=C3C(=N)N4N=C(CC(C)C)SC4=NC3=O)c2C)cc1. The van der Waals surface area contributed by atoms with Crippen LogP contribution < -0.4 is 0 Å². The van der Waals surface area contributed by atoms with Crippen LogP contribution in [0.5, 0.6) is 0 Å². The number of amides is 1. The van der Waals surface area contributed by atoms with Crippen molar-refractivity contribution in [2.45, 2.75) is 41.0 Å². The number of rotatable bonds is 4. The normalized spacial score (nSPS) is 17.7. The molecule has 2 aromatic rings. The lowest BCUT2D eigenvalue weighted by Gasteiger charge is -2.20. The Morgan fingerprint density at radius 1 is 1.17 bits per heavy atom. The van der Waals surface area contributed by atoms with E-state index < -0.39 is 0 Å². The zero-order valence-corrected chi connectivity index (χ0v) is 18.7. The first-order valence-electron chi connectivity index (χ1n) is 9.99. The van der Waals surface area contributed by atoms with Crippen molar-refractivity contribution in [1.29, 1.82) is 5.41 Å². The largest absolute Gasteiger partial charge is 0.318 e. The molecule has 1 amide bonds. The molecule has 6 nitrogen and oxygen atoms in total. The van der Waals surface area contributed by atoms with Crippen LogP contribution in [-0.4, -0.2) is 31.5 Å². The average molecular weight is 420 g/mol. The second kappa shape index (κ2) is 7.72. The Labute approximate surface area is 180 Å². The van der Waals surface area contributed by atoms with E-state index in [9.17, 15) is 4.79 Å². The molecule has 1 aromatic heterocycles. The van der Waals surface area contributed by atoms with Gasteiger partial charge in [0, 0.05) is 23.5 Å². The molecule has 0 saturated carbocycles. The van der Waals surface area contributed by atoms with E-state index in [2.05, 4.69) is 59.7 Å². The first-order valence-corrected chi connectivity index (χ1v) is 10.8. The first kappa shape index (κ1) is 20.3. The predicted molar refractivity (Wildman–Crippen MR) is 124 cm³/mol. The molecule has 7 heteroatoms. The lowest BCUT2D eigenvalue weighted by atomic mass is 10.1. The number of aromatic nitrogens is 1. The van der Waals surface area contributed by atoms with Gasteiger partial charge in [0.15, 0.2) is 5.84 Å². The van der Waals surface area contributed by atoms with Gasteiger partial charge in [-0.2, -0.15) is 15.1 Å². The van der Waals surface area contributed by atoms with Crippen molar-refractivity contribution < 1.29 is 4.79 Å². The second-order valence-electron chi connectivity index (χ2n) is 8.11.